The second kappa shape index (κ2) is 5.81. The van der Waals surface area contributed by atoms with Crippen molar-refractivity contribution in [2.24, 2.45) is 5.41 Å². The van der Waals surface area contributed by atoms with Gasteiger partial charge in [0, 0.05) is 6.04 Å². The smallest absolute Gasteiger partial charge is 0.108 e. The zero-order valence-electron chi connectivity index (χ0n) is 12.8. The van der Waals surface area contributed by atoms with Crippen molar-refractivity contribution in [2.75, 3.05) is 19.6 Å². The molecule has 0 radical (unpaired) electrons. The second-order valence-electron chi connectivity index (χ2n) is 7.17. The van der Waals surface area contributed by atoms with Crippen LogP contribution in [0.15, 0.2) is 0 Å². The van der Waals surface area contributed by atoms with Crippen LogP contribution in [0, 0.1) is 16.7 Å². The van der Waals surface area contributed by atoms with Gasteiger partial charge in [0.15, 0.2) is 0 Å². The molecular weight excluding hydrogens is 234 g/mol. The largest absolute Gasteiger partial charge is 0.300 e. The van der Waals surface area contributed by atoms with Gasteiger partial charge in [-0.2, -0.15) is 5.26 Å². The number of nitrogens with zero attached hydrogens (tertiary/aromatic N) is 2. The van der Waals surface area contributed by atoms with E-state index >= 15 is 0 Å². The first-order valence-electron chi connectivity index (χ1n) is 7.91. The molecule has 1 heterocycles. The number of nitrogens with one attached hydrogen (secondary N) is 1. The number of hydrogen-bond donors (Lipinski definition) is 1. The lowest BCUT2D eigenvalue weighted by atomic mass is 9.85. The molecule has 2 rings (SSSR count). The highest BCUT2D eigenvalue weighted by atomic mass is 15.2. The Balaban J connectivity index is 1.95. The van der Waals surface area contributed by atoms with E-state index in [1.54, 1.807) is 0 Å². The fourth-order valence-corrected chi connectivity index (χ4v) is 3.78. The highest BCUT2D eigenvalue weighted by molar-refractivity contribution is 5.13. The lowest BCUT2D eigenvalue weighted by molar-refractivity contribution is 0.191. The van der Waals surface area contributed by atoms with Crippen LogP contribution in [0.5, 0.6) is 0 Å². The third-order valence-electron chi connectivity index (χ3n) is 5.11. The molecule has 2 aliphatic rings. The third kappa shape index (κ3) is 3.49. The standard InChI is InChI=1S/C16H29N3/c1-4-18-16(13-17)8-6-14(12-16)19-10-5-7-15(2,3)9-11-19/h14,18H,4-12H2,1-3H3. The lowest BCUT2D eigenvalue weighted by Gasteiger charge is -2.29. The quantitative estimate of drug-likeness (QED) is 0.851. The van der Waals surface area contributed by atoms with E-state index in [2.05, 4.69) is 37.1 Å². The SMILES string of the molecule is CCNC1(C#N)CCC(N2CCCC(C)(C)CC2)C1. The summed E-state index contributed by atoms with van der Waals surface area (Å²) in [6, 6.07) is 3.16. The minimum absolute atomic E-state index is 0.249. The van der Waals surface area contributed by atoms with Gasteiger partial charge in [-0.05, 0) is 63.6 Å². The van der Waals surface area contributed by atoms with Crippen molar-refractivity contribution < 1.29 is 0 Å². The second-order valence-corrected chi connectivity index (χ2v) is 7.17. The van der Waals surface area contributed by atoms with Gasteiger partial charge >= 0.3 is 0 Å². The van der Waals surface area contributed by atoms with Crippen molar-refractivity contribution in [2.45, 2.75) is 70.9 Å². The fourth-order valence-electron chi connectivity index (χ4n) is 3.78. The van der Waals surface area contributed by atoms with Gasteiger partial charge in [0.1, 0.15) is 5.54 Å². The van der Waals surface area contributed by atoms with E-state index in [9.17, 15) is 5.26 Å². The Labute approximate surface area is 118 Å². The Morgan fingerprint density at radius 3 is 2.74 bits per heavy atom. The molecule has 2 unspecified atom stereocenters. The van der Waals surface area contributed by atoms with Crippen LogP contribution in [0.3, 0.4) is 0 Å². The predicted molar refractivity (Wildman–Crippen MR) is 78.9 cm³/mol. The van der Waals surface area contributed by atoms with Crippen molar-refractivity contribution in [3.63, 3.8) is 0 Å². The summed E-state index contributed by atoms with van der Waals surface area (Å²) in [6.45, 7) is 10.2. The number of nitriles is 1. The maximum Gasteiger partial charge on any atom is 0.108 e. The highest BCUT2D eigenvalue weighted by Gasteiger charge is 2.41. The van der Waals surface area contributed by atoms with Crippen molar-refractivity contribution in [3.05, 3.63) is 0 Å². The molecule has 19 heavy (non-hydrogen) atoms. The fraction of sp³-hybridized carbons (Fsp3) is 0.938. The van der Waals surface area contributed by atoms with Gasteiger partial charge in [-0.3, -0.25) is 5.32 Å². The van der Waals surface area contributed by atoms with Crippen LogP contribution in [0.25, 0.3) is 0 Å². The van der Waals surface area contributed by atoms with E-state index in [1.165, 1.54) is 38.8 Å². The Morgan fingerprint density at radius 1 is 1.26 bits per heavy atom. The molecule has 1 aliphatic heterocycles. The van der Waals surface area contributed by atoms with E-state index < -0.39 is 0 Å². The molecule has 0 aromatic rings. The first-order valence-corrected chi connectivity index (χ1v) is 7.91. The normalized spacial score (nSPS) is 35.8. The minimum atomic E-state index is -0.249. The molecule has 2 atom stereocenters. The molecule has 3 nitrogen and oxygen atoms in total. The van der Waals surface area contributed by atoms with Gasteiger partial charge in [-0.25, -0.2) is 0 Å². The van der Waals surface area contributed by atoms with Crippen LogP contribution in [0.1, 0.15) is 59.3 Å². The van der Waals surface area contributed by atoms with Gasteiger partial charge in [-0.15, -0.1) is 0 Å². The Morgan fingerprint density at radius 2 is 2.05 bits per heavy atom. The molecule has 1 aliphatic carbocycles. The molecule has 0 spiro atoms. The summed E-state index contributed by atoms with van der Waals surface area (Å²) in [5.74, 6) is 0. The lowest BCUT2D eigenvalue weighted by Crippen LogP contribution is -2.44. The van der Waals surface area contributed by atoms with Gasteiger partial charge in [-0.1, -0.05) is 20.8 Å². The van der Waals surface area contributed by atoms with Crippen molar-refractivity contribution in [1.29, 1.82) is 5.26 Å². The average Bonchev–Trinajstić information content (AvgIpc) is 2.70. The Bertz CT molecular complexity index is 344. The van der Waals surface area contributed by atoms with Crippen molar-refractivity contribution in [3.8, 4) is 6.07 Å². The van der Waals surface area contributed by atoms with E-state index in [-0.39, 0.29) is 5.54 Å². The summed E-state index contributed by atoms with van der Waals surface area (Å²) in [5, 5.41) is 12.9. The van der Waals surface area contributed by atoms with Gasteiger partial charge in [0.05, 0.1) is 6.07 Å². The number of hydrogen-bond acceptors (Lipinski definition) is 3. The Kier molecular flexibility index (Phi) is 4.53. The van der Waals surface area contributed by atoms with Crippen LogP contribution in [0.4, 0.5) is 0 Å². The molecule has 0 bridgehead atoms. The van der Waals surface area contributed by atoms with Gasteiger partial charge in [0.2, 0.25) is 0 Å². The number of rotatable bonds is 3. The molecule has 0 aromatic carbocycles. The zero-order valence-corrected chi connectivity index (χ0v) is 12.8. The van der Waals surface area contributed by atoms with Crippen LogP contribution >= 0.6 is 0 Å². The van der Waals surface area contributed by atoms with Crippen LogP contribution in [-0.2, 0) is 0 Å². The molecular formula is C16H29N3. The summed E-state index contributed by atoms with van der Waals surface area (Å²) < 4.78 is 0. The third-order valence-corrected chi connectivity index (χ3v) is 5.11. The topological polar surface area (TPSA) is 39.1 Å². The van der Waals surface area contributed by atoms with E-state index in [0.717, 1.165) is 19.4 Å². The van der Waals surface area contributed by atoms with Crippen LogP contribution in [0.2, 0.25) is 0 Å². The first kappa shape index (κ1) is 14.8. The molecule has 1 saturated heterocycles. The summed E-state index contributed by atoms with van der Waals surface area (Å²) in [4.78, 5) is 2.66. The van der Waals surface area contributed by atoms with Crippen molar-refractivity contribution >= 4 is 0 Å². The van der Waals surface area contributed by atoms with Crippen LogP contribution < -0.4 is 5.32 Å². The predicted octanol–water partition coefficient (Wildman–Crippen LogP) is 2.92. The summed E-state index contributed by atoms with van der Waals surface area (Å²) >= 11 is 0. The summed E-state index contributed by atoms with van der Waals surface area (Å²) in [5.41, 5.74) is 0.253. The Hall–Kier alpha value is -0.590. The molecule has 108 valence electrons. The zero-order chi connectivity index (χ0) is 13.9. The van der Waals surface area contributed by atoms with E-state index in [1.807, 2.05) is 0 Å². The molecule has 1 N–H and O–H groups in total. The highest BCUT2D eigenvalue weighted by Crippen LogP contribution is 2.36. The summed E-state index contributed by atoms with van der Waals surface area (Å²) in [7, 11) is 0. The molecule has 1 saturated carbocycles. The molecule has 3 heteroatoms. The maximum absolute atomic E-state index is 9.47. The first-order chi connectivity index (χ1) is 9.00. The number of likely N-dealkylation sites (tertiary alicyclic amines) is 1. The molecule has 0 aromatic heterocycles. The average molecular weight is 263 g/mol. The van der Waals surface area contributed by atoms with Gasteiger partial charge in [0.25, 0.3) is 0 Å². The van der Waals surface area contributed by atoms with Gasteiger partial charge < -0.3 is 4.90 Å². The minimum Gasteiger partial charge on any atom is -0.300 e. The summed E-state index contributed by atoms with van der Waals surface area (Å²) in [6.07, 6.45) is 7.15. The van der Waals surface area contributed by atoms with Crippen LogP contribution in [-0.4, -0.2) is 36.1 Å². The monoisotopic (exact) mass is 263 g/mol. The molecule has 0 amide bonds. The molecule has 2 fully saturated rings. The maximum atomic E-state index is 9.47. The van der Waals surface area contributed by atoms with Crippen molar-refractivity contribution in [1.82, 2.24) is 10.2 Å². The van der Waals surface area contributed by atoms with E-state index in [0.29, 0.717) is 11.5 Å². The van der Waals surface area contributed by atoms with E-state index in [4.69, 9.17) is 0 Å².